The van der Waals surface area contributed by atoms with Crippen molar-refractivity contribution in [3.8, 4) is 0 Å². The highest BCUT2D eigenvalue weighted by molar-refractivity contribution is 6.01. The van der Waals surface area contributed by atoms with Crippen molar-refractivity contribution in [2.75, 3.05) is 0 Å². The zero-order valence-corrected chi connectivity index (χ0v) is 10.8. The third-order valence-corrected chi connectivity index (χ3v) is 2.58. The van der Waals surface area contributed by atoms with E-state index in [4.69, 9.17) is 9.47 Å². The quantitative estimate of drug-likeness (QED) is 0.568. The summed E-state index contributed by atoms with van der Waals surface area (Å²) in [5, 5.41) is 0. The number of ether oxygens (including phenoxy) is 2. The lowest BCUT2D eigenvalue weighted by molar-refractivity contribution is -0.137. The molecule has 0 aliphatic heterocycles. The first-order chi connectivity index (χ1) is 8.70. The summed E-state index contributed by atoms with van der Waals surface area (Å²) >= 11 is 0. The smallest absolute Gasteiger partial charge is 0.339 e. The second-order valence-corrected chi connectivity index (χ2v) is 3.91. The molecule has 0 aromatic carbocycles. The van der Waals surface area contributed by atoms with Crippen LogP contribution in [0.2, 0.25) is 0 Å². The summed E-state index contributed by atoms with van der Waals surface area (Å²) in [4.78, 5) is 23.6. The lowest BCUT2D eigenvalue weighted by atomic mass is 9.92. The lowest BCUT2D eigenvalue weighted by Crippen LogP contribution is -2.17. The molecule has 1 aliphatic carbocycles. The van der Waals surface area contributed by atoms with E-state index >= 15 is 0 Å². The van der Waals surface area contributed by atoms with E-state index in [1.807, 2.05) is 0 Å². The van der Waals surface area contributed by atoms with Crippen LogP contribution in [0.4, 0.5) is 0 Å². The van der Waals surface area contributed by atoms with Crippen molar-refractivity contribution in [2.24, 2.45) is 0 Å². The van der Waals surface area contributed by atoms with Gasteiger partial charge < -0.3 is 9.47 Å². The number of hydrogen-bond acceptors (Lipinski definition) is 4. The summed E-state index contributed by atoms with van der Waals surface area (Å²) in [5.74, 6) is -0.916. The molecule has 0 saturated carbocycles. The fourth-order valence-corrected chi connectivity index (χ4v) is 1.76. The highest BCUT2D eigenvalue weighted by atomic mass is 16.5. The molecule has 0 amide bonds. The Bertz CT molecular complexity index is 364. The molecule has 1 aliphatic rings. The van der Waals surface area contributed by atoms with Crippen LogP contribution >= 0.6 is 0 Å². The Hall–Kier alpha value is -1.84. The minimum absolute atomic E-state index is 0.439. The van der Waals surface area contributed by atoms with E-state index in [2.05, 4.69) is 0 Å². The van der Waals surface area contributed by atoms with Crippen molar-refractivity contribution in [2.45, 2.75) is 39.5 Å². The molecule has 0 aromatic heterocycles. The van der Waals surface area contributed by atoms with Gasteiger partial charge in [0, 0.05) is 11.1 Å². The molecule has 0 aromatic rings. The molecular weight excluding hydrogens is 232 g/mol. The average molecular weight is 250 g/mol. The summed E-state index contributed by atoms with van der Waals surface area (Å²) in [5.41, 5.74) is 0.878. The first-order valence-electron chi connectivity index (χ1n) is 6.07. The van der Waals surface area contributed by atoms with Crippen molar-refractivity contribution < 1.29 is 19.1 Å². The minimum atomic E-state index is -0.458. The minimum Gasteiger partial charge on any atom is -0.431 e. The molecule has 98 valence electrons. The molecule has 0 N–H and O–H groups in total. The maximum atomic E-state index is 11.8. The number of carbonyl (C=O) groups excluding carboxylic acids is 2. The van der Waals surface area contributed by atoms with Crippen LogP contribution in [-0.2, 0) is 19.1 Å². The predicted molar refractivity (Wildman–Crippen MR) is 67.3 cm³/mol. The van der Waals surface area contributed by atoms with Gasteiger partial charge in [-0.2, -0.15) is 0 Å². The summed E-state index contributed by atoms with van der Waals surface area (Å²) in [6, 6.07) is 0. The molecule has 0 atom stereocenters. The van der Waals surface area contributed by atoms with Crippen molar-refractivity contribution >= 4 is 11.9 Å². The van der Waals surface area contributed by atoms with Crippen LogP contribution in [-0.4, -0.2) is 11.9 Å². The van der Waals surface area contributed by atoms with Crippen LogP contribution < -0.4 is 0 Å². The second-order valence-electron chi connectivity index (χ2n) is 3.91. The fourth-order valence-electron chi connectivity index (χ4n) is 1.76. The zero-order valence-electron chi connectivity index (χ0n) is 10.8. The predicted octanol–water partition coefficient (Wildman–Crippen LogP) is 3.01. The Morgan fingerprint density at radius 1 is 0.889 bits per heavy atom. The first kappa shape index (κ1) is 14.2. The molecule has 0 bridgehead atoms. The van der Waals surface area contributed by atoms with Crippen LogP contribution in [0.3, 0.4) is 0 Å². The Morgan fingerprint density at radius 3 is 1.61 bits per heavy atom. The van der Waals surface area contributed by atoms with Gasteiger partial charge in [0.05, 0.1) is 12.5 Å². The van der Waals surface area contributed by atoms with Gasteiger partial charge in [-0.15, -0.1) is 0 Å². The van der Waals surface area contributed by atoms with Gasteiger partial charge in [0.25, 0.3) is 0 Å². The largest absolute Gasteiger partial charge is 0.431 e. The molecule has 0 heterocycles. The number of esters is 2. The average Bonchev–Trinajstić information content (AvgIpc) is 2.42. The molecule has 0 unspecified atom stereocenters. The van der Waals surface area contributed by atoms with Gasteiger partial charge in [-0.3, -0.25) is 0 Å². The Balaban J connectivity index is 2.88. The topological polar surface area (TPSA) is 52.6 Å². The van der Waals surface area contributed by atoms with Gasteiger partial charge in [0.1, 0.15) is 0 Å². The normalized spacial score (nSPS) is 16.3. The molecular formula is C14H18O4. The van der Waals surface area contributed by atoms with Crippen LogP contribution in [0.1, 0.15) is 39.5 Å². The summed E-state index contributed by atoms with van der Waals surface area (Å²) in [6.45, 7) is 3.51. The van der Waals surface area contributed by atoms with Gasteiger partial charge in [-0.1, -0.05) is 12.2 Å². The molecule has 1 rings (SSSR count). The number of allylic oxidation sites excluding steroid dienone is 2. The zero-order chi connectivity index (χ0) is 13.4. The number of carbonyl (C=O) groups is 2. The van der Waals surface area contributed by atoms with Gasteiger partial charge in [-0.25, -0.2) is 9.59 Å². The standard InChI is InChI=1S/C14H18O4/c1-3-9-17-13(15)11-7-5-6-8-12(11)14(16)18-10-4-2/h3-4,9-10H,5-8H2,1-2H3/b9-3+,10-4+. The first-order valence-corrected chi connectivity index (χ1v) is 6.07. The van der Waals surface area contributed by atoms with Crippen LogP contribution in [0, 0.1) is 0 Å². The van der Waals surface area contributed by atoms with Crippen LogP contribution in [0.5, 0.6) is 0 Å². The van der Waals surface area contributed by atoms with E-state index in [1.54, 1.807) is 26.0 Å². The highest BCUT2D eigenvalue weighted by Gasteiger charge is 2.25. The third-order valence-electron chi connectivity index (χ3n) is 2.58. The highest BCUT2D eigenvalue weighted by Crippen LogP contribution is 2.26. The van der Waals surface area contributed by atoms with Gasteiger partial charge in [-0.05, 0) is 39.5 Å². The molecule has 4 heteroatoms. The van der Waals surface area contributed by atoms with Crippen molar-refractivity contribution in [3.05, 3.63) is 35.8 Å². The van der Waals surface area contributed by atoms with E-state index in [-0.39, 0.29) is 0 Å². The molecule has 0 radical (unpaired) electrons. The monoisotopic (exact) mass is 250 g/mol. The van der Waals surface area contributed by atoms with E-state index in [0.717, 1.165) is 12.8 Å². The number of rotatable bonds is 4. The van der Waals surface area contributed by atoms with E-state index in [0.29, 0.717) is 24.0 Å². The summed E-state index contributed by atoms with van der Waals surface area (Å²) in [6.07, 6.45) is 8.80. The van der Waals surface area contributed by atoms with Crippen molar-refractivity contribution in [1.82, 2.24) is 0 Å². The fraction of sp³-hybridized carbons (Fsp3) is 0.429. The van der Waals surface area contributed by atoms with Crippen LogP contribution in [0.25, 0.3) is 0 Å². The Kier molecular flexibility index (Phi) is 5.91. The number of hydrogen-bond donors (Lipinski definition) is 0. The van der Waals surface area contributed by atoms with Gasteiger partial charge in [0.2, 0.25) is 0 Å². The third kappa shape index (κ3) is 3.87. The van der Waals surface area contributed by atoms with E-state index in [9.17, 15) is 9.59 Å². The molecule has 18 heavy (non-hydrogen) atoms. The van der Waals surface area contributed by atoms with Gasteiger partial charge >= 0.3 is 11.9 Å². The molecule has 0 spiro atoms. The van der Waals surface area contributed by atoms with E-state index < -0.39 is 11.9 Å². The lowest BCUT2D eigenvalue weighted by Gasteiger charge is -2.16. The Labute approximate surface area is 107 Å². The van der Waals surface area contributed by atoms with Crippen molar-refractivity contribution in [1.29, 1.82) is 0 Å². The SMILES string of the molecule is C/C=C/OC(=O)C1=C(C(=O)O/C=C/C)CCCC1. The van der Waals surface area contributed by atoms with Crippen molar-refractivity contribution in [3.63, 3.8) is 0 Å². The molecule has 0 saturated heterocycles. The Morgan fingerprint density at radius 2 is 1.28 bits per heavy atom. The molecule has 0 fully saturated rings. The second kappa shape index (κ2) is 7.48. The van der Waals surface area contributed by atoms with Crippen LogP contribution in [0.15, 0.2) is 35.8 Å². The summed E-state index contributed by atoms with van der Waals surface area (Å²) < 4.78 is 9.82. The van der Waals surface area contributed by atoms with E-state index in [1.165, 1.54) is 12.5 Å². The molecule has 4 nitrogen and oxygen atoms in total. The van der Waals surface area contributed by atoms with Gasteiger partial charge in [0.15, 0.2) is 0 Å². The maximum Gasteiger partial charge on any atom is 0.339 e. The summed E-state index contributed by atoms with van der Waals surface area (Å²) in [7, 11) is 0. The maximum absolute atomic E-state index is 11.8.